The maximum Gasteiger partial charge on any atom is 0.268 e. The van der Waals surface area contributed by atoms with Crippen LogP contribution in [0.4, 0.5) is 0 Å². The molecular weight excluding hydrogens is 1090 g/mol. The van der Waals surface area contributed by atoms with Crippen LogP contribution in [0.15, 0.2) is 97.2 Å². The molecule has 0 aliphatic rings. The van der Waals surface area contributed by atoms with Crippen LogP contribution in [0.1, 0.15) is 341 Å². The third-order valence-electron chi connectivity index (χ3n) is 16.6. The van der Waals surface area contributed by atoms with Gasteiger partial charge in [-0.3, -0.25) is 9.36 Å². The number of nitrogens with one attached hydrogen (secondary N) is 1. The van der Waals surface area contributed by atoms with E-state index in [1.54, 1.807) is 0 Å². The molecule has 87 heavy (non-hydrogen) atoms. The summed E-state index contributed by atoms with van der Waals surface area (Å²) in [4.78, 5) is 25.7. The first kappa shape index (κ1) is 84.4. The van der Waals surface area contributed by atoms with E-state index in [9.17, 15) is 19.4 Å². The lowest BCUT2D eigenvalue weighted by Gasteiger charge is -2.30. The summed E-state index contributed by atoms with van der Waals surface area (Å²) in [6.45, 7) is 4.65. The van der Waals surface area contributed by atoms with Crippen molar-refractivity contribution in [3.63, 3.8) is 0 Å². The molecular formula is C78H143N2O6P. The Balaban J connectivity index is 3.99. The maximum absolute atomic E-state index is 13.1. The minimum Gasteiger partial charge on any atom is -0.756 e. The van der Waals surface area contributed by atoms with Gasteiger partial charge in [-0.2, -0.15) is 0 Å². The van der Waals surface area contributed by atoms with Crippen LogP contribution >= 0.6 is 7.82 Å². The van der Waals surface area contributed by atoms with Crippen LogP contribution in [0.2, 0.25) is 0 Å². The third kappa shape index (κ3) is 70.7. The van der Waals surface area contributed by atoms with E-state index < -0.39 is 20.0 Å². The number of allylic oxidation sites excluding steroid dienone is 16. The van der Waals surface area contributed by atoms with Gasteiger partial charge in [-0.25, -0.2) is 0 Å². The molecule has 0 bridgehead atoms. The van der Waals surface area contributed by atoms with Gasteiger partial charge in [-0.1, -0.05) is 355 Å². The van der Waals surface area contributed by atoms with Gasteiger partial charge in [0, 0.05) is 6.42 Å². The Morgan fingerprint density at radius 2 is 0.701 bits per heavy atom. The minimum atomic E-state index is -4.58. The summed E-state index contributed by atoms with van der Waals surface area (Å²) < 4.78 is 23.6. The van der Waals surface area contributed by atoms with Crippen LogP contribution < -0.4 is 10.2 Å². The van der Waals surface area contributed by atoms with Gasteiger partial charge in [0.2, 0.25) is 5.91 Å². The SMILES string of the molecule is CC/C=C\C/C=C\C/C=C\C/C=C\C/C=C\C/C=C\C/C=C\C/C=C\CCCCCCCCCCCCCCCCCCC(=O)NC(COP(=O)([O-])OCC[N+](C)(C)C)C(O)CCCCCCCCCCCCCCCCCCCCCCCCCC. The van der Waals surface area contributed by atoms with Crippen LogP contribution in [-0.4, -0.2) is 68.5 Å². The van der Waals surface area contributed by atoms with Crippen molar-refractivity contribution in [1.29, 1.82) is 0 Å². The monoisotopic (exact) mass is 1240 g/mol. The summed E-state index contributed by atoms with van der Waals surface area (Å²) in [5.74, 6) is -0.162. The second-order valence-electron chi connectivity index (χ2n) is 26.3. The molecule has 0 saturated heterocycles. The number of quaternary nitrogens is 1. The van der Waals surface area contributed by atoms with Crippen molar-refractivity contribution in [1.82, 2.24) is 5.32 Å². The van der Waals surface area contributed by atoms with Crippen molar-refractivity contribution in [2.45, 2.75) is 353 Å². The molecule has 506 valence electrons. The zero-order valence-electron chi connectivity index (χ0n) is 58.0. The van der Waals surface area contributed by atoms with Gasteiger partial charge in [0.05, 0.1) is 39.9 Å². The topological polar surface area (TPSA) is 108 Å². The summed E-state index contributed by atoms with van der Waals surface area (Å²) in [6.07, 6.45) is 97.8. The van der Waals surface area contributed by atoms with E-state index in [1.165, 1.54) is 225 Å². The van der Waals surface area contributed by atoms with Gasteiger partial charge in [0.25, 0.3) is 7.82 Å². The average Bonchev–Trinajstić information content (AvgIpc) is 3.71. The fourth-order valence-corrected chi connectivity index (χ4v) is 11.6. The molecule has 0 heterocycles. The van der Waals surface area contributed by atoms with Crippen LogP contribution in [0.3, 0.4) is 0 Å². The maximum atomic E-state index is 13.1. The Kier molecular flexibility index (Phi) is 65.8. The summed E-state index contributed by atoms with van der Waals surface area (Å²) in [5, 5.41) is 14.1. The van der Waals surface area contributed by atoms with E-state index in [4.69, 9.17) is 9.05 Å². The van der Waals surface area contributed by atoms with E-state index in [2.05, 4.69) is 116 Å². The molecule has 0 aromatic heterocycles. The van der Waals surface area contributed by atoms with E-state index in [0.29, 0.717) is 23.9 Å². The molecule has 9 heteroatoms. The second kappa shape index (κ2) is 67.8. The highest BCUT2D eigenvalue weighted by Gasteiger charge is 2.24. The van der Waals surface area contributed by atoms with E-state index in [0.717, 1.165) is 89.9 Å². The Morgan fingerprint density at radius 3 is 1.02 bits per heavy atom. The zero-order chi connectivity index (χ0) is 63.4. The molecule has 1 amide bonds. The third-order valence-corrected chi connectivity index (χ3v) is 17.6. The number of hydrogen-bond donors (Lipinski definition) is 2. The fraction of sp³-hybridized carbons (Fsp3) is 0.782. The van der Waals surface area contributed by atoms with E-state index in [-0.39, 0.29) is 19.1 Å². The molecule has 0 aromatic rings. The summed E-state index contributed by atoms with van der Waals surface area (Å²) in [6, 6.07) is -0.806. The number of phosphoric ester groups is 1. The molecule has 3 unspecified atom stereocenters. The normalized spacial score (nSPS) is 14.1. The smallest absolute Gasteiger partial charge is 0.268 e. The van der Waals surface area contributed by atoms with Gasteiger partial charge < -0.3 is 28.8 Å². The predicted molar refractivity (Wildman–Crippen MR) is 380 cm³/mol. The summed E-state index contributed by atoms with van der Waals surface area (Å²) in [5.41, 5.74) is 0. The number of nitrogens with zero attached hydrogens (tertiary/aromatic N) is 1. The highest BCUT2D eigenvalue weighted by molar-refractivity contribution is 7.45. The number of likely N-dealkylation sites (N-methyl/N-ethyl adjacent to an activating group) is 1. The van der Waals surface area contributed by atoms with Crippen molar-refractivity contribution in [2.75, 3.05) is 40.9 Å². The highest BCUT2D eigenvalue weighted by atomic mass is 31.2. The molecule has 0 spiro atoms. The fourth-order valence-electron chi connectivity index (χ4n) is 10.9. The molecule has 2 N–H and O–H groups in total. The molecule has 0 radical (unpaired) electrons. The number of amides is 1. The largest absolute Gasteiger partial charge is 0.756 e. The van der Waals surface area contributed by atoms with Crippen LogP contribution in [0.25, 0.3) is 0 Å². The Labute approximate surface area is 540 Å². The lowest BCUT2D eigenvalue weighted by molar-refractivity contribution is -0.870. The number of carbonyl (C=O) groups excluding carboxylic acids is 1. The molecule has 8 nitrogen and oxygen atoms in total. The van der Waals surface area contributed by atoms with E-state index >= 15 is 0 Å². The van der Waals surface area contributed by atoms with Crippen molar-refractivity contribution < 1.29 is 32.9 Å². The lowest BCUT2D eigenvalue weighted by Crippen LogP contribution is -2.46. The van der Waals surface area contributed by atoms with Crippen molar-refractivity contribution in [2.24, 2.45) is 0 Å². The number of aliphatic hydroxyl groups excluding tert-OH is 1. The minimum absolute atomic E-state index is 0.0109. The number of rotatable bonds is 68. The number of carbonyl (C=O) groups is 1. The second-order valence-corrected chi connectivity index (χ2v) is 27.7. The van der Waals surface area contributed by atoms with Crippen LogP contribution in [0.5, 0.6) is 0 Å². The Bertz CT molecular complexity index is 1740. The van der Waals surface area contributed by atoms with Gasteiger partial charge in [0.15, 0.2) is 0 Å². The van der Waals surface area contributed by atoms with Gasteiger partial charge >= 0.3 is 0 Å². The van der Waals surface area contributed by atoms with Crippen molar-refractivity contribution >= 4 is 13.7 Å². The van der Waals surface area contributed by atoms with E-state index in [1.807, 2.05) is 21.1 Å². The molecule has 3 atom stereocenters. The van der Waals surface area contributed by atoms with Crippen molar-refractivity contribution in [3.05, 3.63) is 97.2 Å². The quantitative estimate of drug-likeness (QED) is 0.0272. The first-order valence-electron chi connectivity index (χ1n) is 37.1. The average molecular weight is 1240 g/mol. The summed E-state index contributed by atoms with van der Waals surface area (Å²) >= 11 is 0. The molecule has 0 aliphatic heterocycles. The van der Waals surface area contributed by atoms with Crippen LogP contribution in [-0.2, 0) is 18.4 Å². The molecule has 0 aliphatic carbocycles. The first-order chi connectivity index (χ1) is 42.5. The predicted octanol–water partition coefficient (Wildman–Crippen LogP) is 23.4. The molecule has 0 fully saturated rings. The summed E-state index contributed by atoms with van der Waals surface area (Å²) in [7, 11) is 1.31. The van der Waals surface area contributed by atoms with Gasteiger partial charge in [-0.05, 0) is 77.0 Å². The Morgan fingerprint density at radius 1 is 0.414 bits per heavy atom. The van der Waals surface area contributed by atoms with Crippen molar-refractivity contribution in [3.8, 4) is 0 Å². The molecule has 0 saturated carbocycles. The number of phosphoric acid groups is 1. The van der Waals surface area contributed by atoms with Gasteiger partial charge in [0.1, 0.15) is 13.2 Å². The van der Waals surface area contributed by atoms with Crippen LogP contribution in [0, 0.1) is 0 Å². The number of unbranched alkanes of at least 4 members (excludes halogenated alkanes) is 39. The first-order valence-corrected chi connectivity index (χ1v) is 38.5. The lowest BCUT2D eigenvalue weighted by atomic mass is 10.0. The standard InChI is InChI=1S/C78H143N2O6P/c1-6-8-10-12-14-16-18-20-22-24-26-28-30-32-33-34-35-36-37-38-39-40-41-42-43-44-45-46-47-48-50-52-54-56-58-60-62-64-66-68-70-72-78(82)79-76(75-86-87(83,84)85-74-73-80(3,4)5)77(81)71-69-67-65-63-61-59-57-55-53-51-49-31-29-27-25-23-21-19-17-15-13-11-9-7-2/h8,10,14,16,20,22,26,28,32-33,35-36,38-39,41-42,76-77,81H,6-7,9,11-13,15,17-19,21,23-25,27,29-31,34,37,40,43-75H2,1-5H3,(H-,79,82,83,84)/b10-8-,16-14-,22-20-,28-26-,33-32-,36-35-,39-38-,42-41-. The zero-order valence-corrected chi connectivity index (χ0v) is 58.9. The number of aliphatic hydroxyl groups is 1. The number of hydrogen-bond acceptors (Lipinski definition) is 6. The molecule has 0 aromatic carbocycles. The molecule has 0 rings (SSSR count). The highest BCUT2D eigenvalue weighted by Crippen LogP contribution is 2.38. The van der Waals surface area contributed by atoms with Gasteiger partial charge in [-0.15, -0.1) is 0 Å². The Hall–Kier alpha value is -2.58.